The van der Waals surface area contributed by atoms with Crippen LogP contribution in [-0.4, -0.2) is 12.3 Å². The molecule has 0 amide bonds. The van der Waals surface area contributed by atoms with Crippen LogP contribution in [0.1, 0.15) is 107 Å². The minimum Gasteiger partial charge on any atom is -0.427 e. The maximum Gasteiger partial charge on any atom is 0.311 e. The van der Waals surface area contributed by atoms with Crippen LogP contribution in [0, 0.1) is 0 Å². The van der Waals surface area contributed by atoms with E-state index in [1.807, 2.05) is 0 Å². The summed E-state index contributed by atoms with van der Waals surface area (Å²) in [5, 5.41) is 0. The number of carbonyl (C=O) groups excluding carboxylic acids is 2. The first kappa shape index (κ1) is 24.1. The molecule has 1 rings (SSSR count). The number of ether oxygens (including phenoxy) is 1. The number of allylic oxidation sites excluding steroid dienone is 2. The van der Waals surface area contributed by atoms with Gasteiger partial charge >= 0.3 is 5.97 Å². The molecule has 0 aromatic heterocycles. The van der Waals surface area contributed by atoms with Gasteiger partial charge in [-0.25, -0.2) is 0 Å². The van der Waals surface area contributed by atoms with Gasteiger partial charge in [0.05, 0.1) is 0 Å². The molecule has 1 aromatic carbocycles. The molecule has 0 unspecified atom stereocenters. The van der Waals surface area contributed by atoms with Crippen molar-refractivity contribution in [3.05, 3.63) is 42.0 Å². The molecule has 0 heterocycles. The van der Waals surface area contributed by atoms with Gasteiger partial charge in [-0.15, -0.1) is 0 Å². The summed E-state index contributed by atoms with van der Waals surface area (Å²) >= 11 is 0. The van der Waals surface area contributed by atoms with Gasteiger partial charge in [-0.1, -0.05) is 70.4 Å². The second-order valence-electron chi connectivity index (χ2n) is 7.50. The van der Waals surface area contributed by atoms with E-state index < -0.39 is 0 Å². The van der Waals surface area contributed by atoms with E-state index in [0.717, 1.165) is 19.1 Å². The zero-order chi connectivity index (χ0) is 20.3. The smallest absolute Gasteiger partial charge is 0.311 e. The van der Waals surface area contributed by atoms with E-state index in [1.54, 1.807) is 24.3 Å². The van der Waals surface area contributed by atoms with Crippen LogP contribution in [0.5, 0.6) is 5.75 Å². The molecule has 0 saturated heterocycles. The Morgan fingerprint density at radius 2 is 1.32 bits per heavy atom. The first-order valence-corrected chi connectivity index (χ1v) is 11.2. The number of hydrogen-bond acceptors (Lipinski definition) is 3. The van der Waals surface area contributed by atoms with Gasteiger partial charge in [-0.3, -0.25) is 9.59 Å². The molecule has 1 aromatic rings. The number of rotatable bonds is 17. The predicted molar refractivity (Wildman–Crippen MR) is 117 cm³/mol. The Bertz CT molecular complexity index is 545. The molecule has 0 N–H and O–H groups in total. The molecule has 0 aliphatic carbocycles. The summed E-state index contributed by atoms with van der Waals surface area (Å²) < 4.78 is 5.27. The summed E-state index contributed by atoms with van der Waals surface area (Å²) in [7, 11) is 0. The summed E-state index contributed by atoms with van der Waals surface area (Å²) in [4.78, 5) is 22.4. The molecular weight excluding hydrogens is 348 g/mol. The number of carbonyl (C=O) groups is 2. The molecule has 0 bridgehead atoms. The molecule has 0 saturated carbocycles. The molecule has 0 aliphatic rings. The van der Waals surface area contributed by atoms with Crippen LogP contribution in [0.3, 0.4) is 0 Å². The molecule has 28 heavy (non-hydrogen) atoms. The summed E-state index contributed by atoms with van der Waals surface area (Å²) in [6.07, 6.45) is 22.1. The van der Waals surface area contributed by atoms with Crippen molar-refractivity contribution in [2.75, 3.05) is 0 Å². The molecule has 156 valence electrons. The molecule has 0 radical (unpaired) electrons. The van der Waals surface area contributed by atoms with Crippen LogP contribution >= 0.6 is 0 Å². The molecule has 0 fully saturated rings. The Labute approximate surface area is 171 Å². The largest absolute Gasteiger partial charge is 0.427 e. The number of aldehydes is 1. The van der Waals surface area contributed by atoms with E-state index in [9.17, 15) is 9.59 Å². The number of benzene rings is 1. The molecule has 0 spiro atoms. The van der Waals surface area contributed by atoms with Gasteiger partial charge in [0.2, 0.25) is 0 Å². The van der Waals surface area contributed by atoms with Crippen molar-refractivity contribution in [2.45, 2.75) is 96.8 Å². The van der Waals surface area contributed by atoms with E-state index >= 15 is 0 Å². The van der Waals surface area contributed by atoms with Gasteiger partial charge in [-0.2, -0.15) is 0 Å². The van der Waals surface area contributed by atoms with Crippen molar-refractivity contribution in [2.24, 2.45) is 0 Å². The van der Waals surface area contributed by atoms with Crippen LogP contribution in [0.25, 0.3) is 0 Å². The maximum atomic E-state index is 11.8. The van der Waals surface area contributed by atoms with Crippen molar-refractivity contribution in [3.63, 3.8) is 0 Å². The van der Waals surface area contributed by atoms with Crippen LogP contribution < -0.4 is 4.74 Å². The number of esters is 1. The fourth-order valence-electron chi connectivity index (χ4n) is 3.14. The van der Waals surface area contributed by atoms with Gasteiger partial charge in [0.25, 0.3) is 0 Å². The lowest BCUT2D eigenvalue weighted by atomic mass is 10.1. The fraction of sp³-hybridized carbons (Fsp3) is 0.600. The quantitative estimate of drug-likeness (QED) is 0.0918. The zero-order valence-corrected chi connectivity index (χ0v) is 17.7. The lowest BCUT2D eigenvalue weighted by Gasteiger charge is -2.04. The van der Waals surface area contributed by atoms with E-state index in [-0.39, 0.29) is 5.97 Å². The van der Waals surface area contributed by atoms with Crippen molar-refractivity contribution in [1.29, 1.82) is 0 Å². The molecule has 3 heteroatoms. The molecule has 0 atom stereocenters. The normalized spacial score (nSPS) is 11.0. The van der Waals surface area contributed by atoms with Gasteiger partial charge in [0.15, 0.2) is 0 Å². The predicted octanol–water partition coefficient (Wildman–Crippen LogP) is 7.44. The Morgan fingerprint density at radius 3 is 1.89 bits per heavy atom. The van der Waals surface area contributed by atoms with Crippen LogP contribution in [0.4, 0.5) is 0 Å². The topological polar surface area (TPSA) is 43.4 Å². The second-order valence-corrected chi connectivity index (χ2v) is 7.50. The third-order valence-corrected chi connectivity index (χ3v) is 4.89. The van der Waals surface area contributed by atoms with Crippen LogP contribution in [-0.2, 0) is 4.79 Å². The summed E-state index contributed by atoms with van der Waals surface area (Å²) in [6.45, 7) is 2.26. The van der Waals surface area contributed by atoms with Crippen molar-refractivity contribution in [3.8, 4) is 5.75 Å². The molecule has 0 aliphatic heterocycles. The van der Waals surface area contributed by atoms with E-state index in [1.165, 1.54) is 70.6 Å². The second kappa shape index (κ2) is 17.2. The Balaban J connectivity index is 1.89. The van der Waals surface area contributed by atoms with E-state index in [4.69, 9.17) is 4.74 Å². The summed E-state index contributed by atoms with van der Waals surface area (Å²) in [6, 6.07) is 6.61. The Hall–Kier alpha value is -1.90. The van der Waals surface area contributed by atoms with Crippen molar-refractivity contribution < 1.29 is 14.3 Å². The first-order chi connectivity index (χ1) is 13.8. The maximum absolute atomic E-state index is 11.8. The Kier molecular flexibility index (Phi) is 14.8. The lowest BCUT2D eigenvalue weighted by Crippen LogP contribution is -2.07. The van der Waals surface area contributed by atoms with Gasteiger partial charge < -0.3 is 4.74 Å². The van der Waals surface area contributed by atoms with Crippen LogP contribution in [0.15, 0.2) is 36.4 Å². The fourth-order valence-corrected chi connectivity index (χ4v) is 3.14. The minimum absolute atomic E-state index is 0.198. The van der Waals surface area contributed by atoms with Crippen LogP contribution in [0.2, 0.25) is 0 Å². The zero-order valence-electron chi connectivity index (χ0n) is 17.7. The van der Waals surface area contributed by atoms with Gasteiger partial charge in [0, 0.05) is 12.0 Å². The minimum atomic E-state index is -0.198. The molecular formula is C25H38O3. The van der Waals surface area contributed by atoms with Crippen molar-refractivity contribution in [1.82, 2.24) is 0 Å². The summed E-state index contributed by atoms with van der Waals surface area (Å²) in [5.41, 5.74) is 0.581. The Morgan fingerprint density at radius 1 is 0.786 bits per heavy atom. The SMILES string of the molecule is CCCCCCCC/C=C\CCCCCCCC(=O)Oc1ccc(C=O)cc1. The monoisotopic (exact) mass is 386 g/mol. The van der Waals surface area contributed by atoms with E-state index in [0.29, 0.717) is 17.7 Å². The molecule has 3 nitrogen and oxygen atoms in total. The first-order valence-electron chi connectivity index (χ1n) is 11.2. The number of hydrogen-bond donors (Lipinski definition) is 0. The van der Waals surface area contributed by atoms with E-state index in [2.05, 4.69) is 19.1 Å². The van der Waals surface area contributed by atoms with Gasteiger partial charge in [0.1, 0.15) is 12.0 Å². The van der Waals surface area contributed by atoms with Crippen molar-refractivity contribution >= 4 is 12.3 Å². The third kappa shape index (κ3) is 13.3. The highest BCUT2D eigenvalue weighted by atomic mass is 16.5. The lowest BCUT2D eigenvalue weighted by molar-refractivity contribution is -0.134. The summed E-state index contributed by atoms with van der Waals surface area (Å²) in [5.74, 6) is 0.305. The highest BCUT2D eigenvalue weighted by molar-refractivity contribution is 5.76. The average Bonchev–Trinajstić information content (AvgIpc) is 2.71. The number of unbranched alkanes of at least 4 members (excludes halogenated alkanes) is 11. The van der Waals surface area contributed by atoms with Gasteiger partial charge in [-0.05, 0) is 56.4 Å². The highest BCUT2D eigenvalue weighted by Crippen LogP contribution is 2.14. The third-order valence-electron chi connectivity index (χ3n) is 4.89. The average molecular weight is 387 g/mol. The standard InChI is InChI=1S/C25H38O3/c1-2-3-4-5-6-7-8-9-10-11-12-13-14-15-16-17-25(27)28-24-20-18-23(22-26)19-21-24/h9-10,18-22H,2-8,11-17H2,1H3/b10-9-. The highest BCUT2D eigenvalue weighted by Gasteiger charge is 2.04.